The van der Waals surface area contributed by atoms with Crippen LogP contribution in [0.25, 0.3) is 0 Å². The van der Waals surface area contributed by atoms with Gasteiger partial charge >= 0.3 is 0 Å². The van der Waals surface area contributed by atoms with Crippen molar-refractivity contribution in [2.45, 2.75) is 53.0 Å². The molecule has 2 saturated carbocycles. The van der Waals surface area contributed by atoms with Gasteiger partial charge in [0.2, 0.25) is 5.91 Å². The molecule has 114 valence electrons. The normalized spacial score (nSPS) is 33.0. The van der Waals surface area contributed by atoms with Crippen LogP contribution < -0.4 is 10.6 Å². The summed E-state index contributed by atoms with van der Waals surface area (Å²) in [4.78, 5) is 11.1. The highest BCUT2D eigenvalue weighted by Crippen LogP contribution is 2.65. The fourth-order valence-electron chi connectivity index (χ4n) is 4.48. The van der Waals surface area contributed by atoms with Crippen LogP contribution in [0.5, 0.6) is 0 Å². The average Bonchev–Trinajstić information content (AvgIpc) is 2.73. The SMILES string of the molecule is CC(=O)Nc1ccc(NC2CC3CCC2(C)C3(C)C)cc1. The van der Waals surface area contributed by atoms with Crippen molar-refractivity contribution in [2.75, 3.05) is 10.6 Å². The van der Waals surface area contributed by atoms with Crippen LogP contribution in [0.3, 0.4) is 0 Å². The summed E-state index contributed by atoms with van der Waals surface area (Å²) in [6.45, 7) is 8.85. The van der Waals surface area contributed by atoms with Gasteiger partial charge in [-0.3, -0.25) is 4.79 Å². The predicted octanol–water partition coefficient (Wildman–Crippen LogP) is 4.27. The second kappa shape index (κ2) is 4.75. The van der Waals surface area contributed by atoms with Crippen molar-refractivity contribution in [3.05, 3.63) is 24.3 Å². The highest BCUT2D eigenvalue weighted by Gasteiger charge is 2.61. The van der Waals surface area contributed by atoms with Gasteiger partial charge < -0.3 is 10.6 Å². The lowest BCUT2D eigenvalue weighted by Gasteiger charge is -2.40. The Kier molecular flexibility index (Phi) is 3.27. The van der Waals surface area contributed by atoms with Gasteiger partial charge in [-0.2, -0.15) is 0 Å². The Morgan fingerprint density at radius 2 is 1.76 bits per heavy atom. The number of fused-ring (bicyclic) bond motifs is 2. The van der Waals surface area contributed by atoms with E-state index in [2.05, 4.69) is 43.5 Å². The number of carbonyl (C=O) groups excluding carboxylic acids is 1. The Labute approximate surface area is 127 Å². The smallest absolute Gasteiger partial charge is 0.221 e. The first kappa shape index (κ1) is 14.4. The molecule has 2 aliphatic rings. The van der Waals surface area contributed by atoms with Crippen LogP contribution >= 0.6 is 0 Å². The lowest BCUT2D eigenvalue weighted by molar-refractivity contribution is -0.114. The minimum absolute atomic E-state index is 0.0296. The molecule has 1 amide bonds. The number of hydrogen-bond donors (Lipinski definition) is 2. The summed E-state index contributed by atoms with van der Waals surface area (Å²) in [5.41, 5.74) is 2.82. The third-order valence-electron chi connectivity index (χ3n) is 6.34. The second-order valence-electron chi connectivity index (χ2n) is 7.57. The molecule has 2 aliphatic carbocycles. The van der Waals surface area contributed by atoms with Crippen LogP contribution in [-0.2, 0) is 4.79 Å². The third-order valence-corrected chi connectivity index (χ3v) is 6.34. The number of hydrogen-bond acceptors (Lipinski definition) is 2. The lowest BCUT2D eigenvalue weighted by Crippen LogP contribution is -2.40. The van der Waals surface area contributed by atoms with Crippen molar-refractivity contribution < 1.29 is 4.79 Å². The van der Waals surface area contributed by atoms with Gasteiger partial charge in [0.05, 0.1) is 0 Å². The molecule has 0 aromatic heterocycles. The van der Waals surface area contributed by atoms with E-state index >= 15 is 0 Å². The average molecular weight is 286 g/mol. The maximum absolute atomic E-state index is 11.1. The fourth-order valence-corrected chi connectivity index (χ4v) is 4.48. The molecule has 2 N–H and O–H groups in total. The van der Waals surface area contributed by atoms with Gasteiger partial charge in [0.25, 0.3) is 0 Å². The quantitative estimate of drug-likeness (QED) is 0.871. The summed E-state index contributed by atoms with van der Waals surface area (Å²) >= 11 is 0. The van der Waals surface area contributed by atoms with Gasteiger partial charge in [-0.1, -0.05) is 20.8 Å². The number of benzene rings is 1. The van der Waals surface area contributed by atoms with Crippen LogP contribution in [-0.4, -0.2) is 11.9 Å². The summed E-state index contributed by atoms with van der Waals surface area (Å²) in [6.07, 6.45) is 3.98. The van der Waals surface area contributed by atoms with Gasteiger partial charge in [0, 0.05) is 24.3 Å². The first-order chi connectivity index (χ1) is 9.83. The van der Waals surface area contributed by atoms with Crippen LogP contribution in [0.15, 0.2) is 24.3 Å². The molecule has 1 aromatic rings. The van der Waals surface area contributed by atoms with Crippen LogP contribution in [0, 0.1) is 16.7 Å². The van der Waals surface area contributed by atoms with E-state index in [4.69, 9.17) is 0 Å². The van der Waals surface area contributed by atoms with Crippen molar-refractivity contribution in [3.63, 3.8) is 0 Å². The van der Waals surface area contributed by atoms with E-state index in [0.29, 0.717) is 16.9 Å². The minimum Gasteiger partial charge on any atom is -0.382 e. The molecule has 0 saturated heterocycles. The molecule has 3 heteroatoms. The van der Waals surface area contributed by atoms with E-state index < -0.39 is 0 Å². The number of carbonyl (C=O) groups is 1. The van der Waals surface area contributed by atoms with Gasteiger partial charge in [-0.15, -0.1) is 0 Å². The molecule has 3 atom stereocenters. The van der Waals surface area contributed by atoms with E-state index in [0.717, 1.165) is 17.3 Å². The van der Waals surface area contributed by atoms with Crippen molar-refractivity contribution in [3.8, 4) is 0 Å². The molecule has 2 fully saturated rings. The van der Waals surface area contributed by atoms with E-state index in [1.54, 1.807) is 0 Å². The first-order valence-corrected chi connectivity index (χ1v) is 7.97. The highest BCUT2D eigenvalue weighted by molar-refractivity contribution is 5.88. The Hall–Kier alpha value is -1.51. The van der Waals surface area contributed by atoms with E-state index in [1.807, 2.05) is 12.1 Å². The maximum Gasteiger partial charge on any atom is 0.221 e. The first-order valence-electron chi connectivity index (χ1n) is 7.97. The zero-order valence-electron chi connectivity index (χ0n) is 13.5. The molecule has 0 aliphatic heterocycles. The predicted molar refractivity (Wildman–Crippen MR) is 87.4 cm³/mol. The number of anilines is 2. The van der Waals surface area contributed by atoms with E-state index in [-0.39, 0.29) is 5.91 Å². The number of nitrogens with one attached hydrogen (secondary N) is 2. The number of rotatable bonds is 3. The molecule has 3 unspecified atom stereocenters. The largest absolute Gasteiger partial charge is 0.382 e. The van der Waals surface area contributed by atoms with Crippen molar-refractivity contribution in [1.29, 1.82) is 0 Å². The summed E-state index contributed by atoms with van der Waals surface area (Å²) in [6, 6.07) is 8.61. The van der Waals surface area contributed by atoms with Crippen LogP contribution in [0.4, 0.5) is 11.4 Å². The zero-order valence-corrected chi connectivity index (χ0v) is 13.5. The Morgan fingerprint density at radius 3 is 2.24 bits per heavy atom. The molecule has 3 nitrogen and oxygen atoms in total. The highest BCUT2D eigenvalue weighted by atomic mass is 16.1. The number of amides is 1. The molecule has 0 heterocycles. The van der Waals surface area contributed by atoms with Gasteiger partial charge in [0.15, 0.2) is 0 Å². The minimum atomic E-state index is -0.0296. The van der Waals surface area contributed by atoms with Crippen LogP contribution in [0.2, 0.25) is 0 Å². The molecule has 21 heavy (non-hydrogen) atoms. The summed E-state index contributed by atoms with van der Waals surface area (Å²) < 4.78 is 0. The molecular weight excluding hydrogens is 260 g/mol. The molecule has 3 rings (SSSR count). The fraction of sp³-hybridized carbons (Fsp3) is 0.611. The van der Waals surface area contributed by atoms with Gasteiger partial charge in [-0.05, 0) is 60.3 Å². The maximum atomic E-state index is 11.1. The zero-order chi connectivity index (χ0) is 15.3. The summed E-state index contributed by atoms with van der Waals surface area (Å²) in [7, 11) is 0. The summed E-state index contributed by atoms with van der Waals surface area (Å²) in [5.74, 6) is 0.816. The topological polar surface area (TPSA) is 41.1 Å². The molecule has 2 bridgehead atoms. The lowest BCUT2D eigenvalue weighted by atomic mass is 9.69. The monoisotopic (exact) mass is 286 g/mol. The third kappa shape index (κ3) is 2.23. The van der Waals surface area contributed by atoms with Crippen LogP contribution in [0.1, 0.15) is 47.0 Å². The van der Waals surface area contributed by atoms with E-state index in [9.17, 15) is 4.79 Å². The Balaban J connectivity index is 1.72. The Morgan fingerprint density at radius 1 is 1.14 bits per heavy atom. The molecule has 0 radical (unpaired) electrons. The summed E-state index contributed by atoms with van der Waals surface area (Å²) in [5, 5.41) is 6.54. The molecule has 0 spiro atoms. The molecular formula is C18H26N2O. The standard InChI is InChI=1S/C18H26N2O/c1-12(21)19-14-5-7-15(8-6-14)20-16-11-13-9-10-18(16,4)17(13,2)3/h5-8,13,16,20H,9-11H2,1-4H3,(H,19,21). The van der Waals surface area contributed by atoms with Crippen molar-refractivity contribution >= 4 is 17.3 Å². The van der Waals surface area contributed by atoms with Crippen molar-refractivity contribution in [1.82, 2.24) is 0 Å². The van der Waals surface area contributed by atoms with Crippen molar-refractivity contribution in [2.24, 2.45) is 16.7 Å². The van der Waals surface area contributed by atoms with Gasteiger partial charge in [-0.25, -0.2) is 0 Å². The Bertz CT molecular complexity index is 549. The second-order valence-corrected chi connectivity index (χ2v) is 7.57. The molecule has 1 aromatic carbocycles. The van der Waals surface area contributed by atoms with E-state index in [1.165, 1.54) is 26.2 Å². The van der Waals surface area contributed by atoms with Gasteiger partial charge in [0.1, 0.15) is 0 Å².